The largest absolute Gasteiger partial charge is 0.480 e. The monoisotopic (exact) mass is 619 g/mol. The van der Waals surface area contributed by atoms with Gasteiger partial charge in [0.25, 0.3) is 11.8 Å². The van der Waals surface area contributed by atoms with Gasteiger partial charge in [-0.2, -0.15) is 0 Å². The van der Waals surface area contributed by atoms with Gasteiger partial charge >= 0.3 is 5.97 Å². The van der Waals surface area contributed by atoms with Gasteiger partial charge in [0, 0.05) is 76.9 Å². The predicted octanol–water partition coefficient (Wildman–Crippen LogP) is -2.57. The van der Waals surface area contributed by atoms with Crippen LogP contribution in [0.3, 0.4) is 0 Å². The number of aliphatic carboxylic acids is 1. The van der Waals surface area contributed by atoms with Crippen molar-refractivity contribution < 1.29 is 38.5 Å². The molecule has 0 aliphatic carbocycles. The molecule has 0 aromatic heterocycles. The fourth-order valence-electron chi connectivity index (χ4n) is 3.70. The van der Waals surface area contributed by atoms with Gasteiger partial charge in [-0.1, -0.05) is 0 Å². The van der Waals surface area contributed by atoms with Gasteiger partial charge in [-0.15, -0.1) is 11.8 Å². The number of nitrogens with zero attached hydrogens (tertiary/aromatic N) is 1. The number of carboxylic acid groups (broad SMARTS) is 1. The lowest BCUT2D eigenvalue weighted by atomic mass is 10.1. The van der Waals surface area contributed by atoms with E-state index < -0.39 is 17.9 Å². The SMILES string of the molecule is CC1=C(SC[C@H](N)C(=O)O)C(=O)N(CCCOCCOCCOCCCNC(=O)C(CNCCN)CNCCN)C1=O. The van der Waals surface area contributed by atoms with E-state index in [9.17, 15) is 19.2 Å². The van der Waals surface area contributed by atoms with E-state index in [1.165, 1.54) is 0 Å². The van der Waals surface area contributed by atoms with Crippen LogP contribution in [-0.4, -0.2) is 137 Å². The molecule has 1 atom stereocenters. The van der Waals surface area contributed by atoms with Crippen LogP contribution in [0.1, 0.15) is 19.8 Å². The Morgan fingerprint density at radius 3 is 1.98 bits per heavy atom. The van der Waals surface area contributed by atoms with Gasteiger partial charge in [-0.3, -0.25) is 24.1 Å². The van der Waals surface area contributed by atoms with E-state index in [0.717, 1.165) is 16.7 Å². The number of carbonyl (C=O) groups excluding carboxylic acids is 3. The van der Waals surface area contributed by atoms with Crippen molar-refractivity contribution in [2.75, 3.05) is 97.8 Å². The highest BCUT2D eigenvalue weighted by Gasteiger charge is 2.36. The third-order valence-corrected chi connectivity index (χ3v) is 7.34. The minimum absolute atomic E-state index is 0.00431. The van der Waals surface area contributed by atoms with Crippen molar-refractivity contribution in [1.29, 1.82) is 0 Å². The number of nitrogens with one attached hydrogen (secondary N) is 3. The Hall–Kier alpha value is -2.15. The Labute approximate surface area is 252 Å². The lowest BCUT2D eigenvalue weighted by Gasteiger charge is -2.18. The molecule has 0 fully saturated rings. The van der Waals surface area contributed by atoms with Crippen molar-refractivity contribution in [3.8, 4) is 0 Å². The topological polar surface area (TPSA) is 234 Å². The molecule has 0 aromatic carbocycles. The minimum Gasteiger partial charge on any atom is -0.480 e. The van der Waals surface area contributed by atoms with Gasteiger partial charge < -0.3 is 52.5 Å². The summed E-state index contributed by atoms with van der Waals surface area (Å²) in [4.78, 5) is 49.6. The van der Waals surface area contributed by atoms with Crippen molar-refractivity contribution >= 4 is 35.5 Å². The highest BCUT2D eigenvalue weighted by Crippen LogP contribution is 2.30. The fourth-order valence-corrected chi connectivity index (χ4v) is 4.73. The number of hydrogen-bond donors (Lipinski definition) is 7. The third kappa shape index (κ3) is 15.4. The number of thioether (sulfide) groups is 1. The standard InChI is InChI=1S/C26H49N7O8S/c1-19-22(42-18-21(29)26(37)38)25(36)33(24(19)35)9-3-11-40-13-15-41-14-12-39-10-2-6-32-23(34)20(16-30-7-4-27)17-31-8-5-28/h20-21,30-31H,2-18,27-29H2,1H3,(H,32,34)(H,37,38)/t21-/m0/s1. The summed E-state index contributed by atoms with van der Waals surface area (Å²) in [5.41, 5.74) is 16.8. The van der Waals surface area contributed by atoms with Crippen LogP contribution >= 0.6 is 11.8 Å². The molecule has 0 unspecified atom stereocenters. The molecule has 10 N–H and O–H groups in total. The fraction of sp³-hybridized carbons (Fsp3) is 0.769. The second-order valence-electron chi connectivity index (χ2n) is 9.49. The van der Waals surface area contributed by atoms with Crippen LogP contribution in [0, 0.1) is 5.92 Å². The Morgan fingerprint density at radius 1 is 0.881 bits per heavy atom. The lowest BCUT2D eigenvalue weighted by molar-refractivity contribution is -0.139. The molecule has 1 rings (SSSR count). The Morgan fingerprint density at radius 2 is 1.43 bits per heavy atom. The first-order valence-corrected chi connectivity index (χ1v) is 15.2. The van der Waals surface area contributed by atoms with E-state index >= 15 is 0 Å². The van der Waals surface area contributed by atoms with Crippen molar-refractivity contribution in [3.05, 3.63) is 10.5 Å². The van der Waals surface area contributed by atoms with Crippen LogP contribution in [0.2, 0.25) is 0 Å². The number of rotatable bonds is 27. The molecule has 1 aliphatic rings. The summed E-state index contributed by atoms with van der Waals surface area (Å²) in [6.45, 7) is 8.10. The number of ether oxygens (including phenoxy) is 3. The summed E-state index contributed by atoms with van der Waals surface area (Å²) in [7, 11) is 0. The molecule has 16 heteroatoms. The summed E-state index contributed by atoms with van der Waals surface area (Å²) in [6.07, 6.45) is 1.15. The van der Waals surface area contributed by atoms with Crippen molar-refractivity contribution in [2.24, 2.45) is 23.1 Å². The zero-order chi connectivity index (χ0) is 31.2. The molecule has 0 saturated carbocycles. The lowest BCUT2D eigenvalue weighted by Crippen LogP contribution is -2.44. The van der Waals surface area contributed by atoms with E-state index in [0.29, 0.717) is 104 Å². The molecule has 15 nitrogen and oxygen atoms in total. The molecular formula is C26H49N7O8S. The quantitative estimate of drug-likeness (QED) is 0.0370. The Balaban J connectivity index is 2.04. The summed E-state index contributed by atoms with van der Waals surface area (Å²) >= 11 is 0.990. The molecule has 0 bridgehead atoms. The average Bonchev–Trinajstić information content (AvgIpc) is 3.17. The van der Waals surface area contributed by atoms with Gasteiger partial charge in [-0.25, -0.2) is 0 Å². The van der Waals surface area contributed by atoms with E-state index in [-0.39, 0.29) is 34.9 Å². The maximum absolute atomic E-state index is 12.5. The second kappa shape index (κ2) is 23.3. The molecule has 3 amide bonds. The van der Waals surface area contributed by atoms with Crippen molar-refractivity contribution in [1.82, 2.24) is 20.9 Å². The predicted molar refractivity (Wildman–Crippen MR) is 160 cm³/mol. The van der Waals surface area contributed by atoms with Crippen LogP contribution in [0.25, 0.3) is 0 Å². The molecule has 242 valence electrons. The van der Waals surface area contributed by atoms with Crippen LogP contribution in [0.5, 0.6) is 0 Å². The van der Waals surface area contributed by atoms with Crippen molar-refractivity contribution in [3.63, 3.8) is 0 Å². The first kappa shape index (κ1) is 37.9. The van der Waals surface area contributed by atoms with E-state index in [2.05, 4.69) is 16.0 Å². The summed E-state index contributed by atoms with van der Waals surface area (Å²) in [5.74, 6) is -2.21. The van der Waals surface area contributed by atoms with Gasteiger partial charge in [0.1, 0.15) is 6.04 Å². The van der Waals surface area contributed by atoms with Crippen LogP contribution in [0.4, 0.5) is 0 Å². The number of imide groups is 1. The average molecular weight is 620 g/mol. The molecule has 0 radical (unpaired) electrons. The zero-order valence-electron chi connectivity index (χ0n) is 24.6. The normalized spacial score (nSPS) is 14.4. The third-order valence-electron chi connectivity index (χ3n) is 6.04. The molecule has 0 aromatic rings. The summed E-state index contributed by atoms with van der Waals surface area (Å²) in [6, 6.07) is -1.11. The van der Waals surface area contributed by atoms with Gasteiger partial charge in [0.05, 0.1) is 37.3 Å². The highest BCUT2D eigenvalue weighted by molar-refractivity contribution is 8.04. The number of amides is 3. The molecule has 42 heavy (non-hydrogen) atoms. The van der Waals surface area contributed by atoms with E-state index in [1.54, 1.807) is 6.92 Å². The Bertz CT molecular complexity index is 855. The van der Waals surface area contributed by atoms with Crippen molar-refractivity contribution in [2.45, 2.75) is 25.8 Å². The second-order valence-corrected chi connectivity index (χ2v) is 10.5. The zero-order valence-corrected chi connectivity index (χ0v) is 25.4. The minimum atomic E-state index is -1.16. The molecule has 0 saturated heterocycles. The molecule has 1 aliphatic heterocycles. The number of carboxylic acids is 1. The maximum Gasteiger partial charge on any atom is 0.321 e. The molecule has 0 spiro atoms. The first-order valence-electron chi connectivity index (χ1n) is 14.2. The number of nitrogens with two attached hydrogens (primary N) is 3. The highest BCUT2D eigenvalue weighted by atomic mass is 32.2. The smallest absolute Gasteiger partial charge is 0.321 e. The van der Waals surface area contributed by atoms with E-state index in [4.69, 9.17) is 36.5 Å². The van der Waals surface area contributed by atoms with Gasteiger partial charge in [0.2, 0.25) is 5.91 Å². The first-order chi connectivity index (χ1) is 20.2. The maximum atomic E-state index is 12.5. The van der Waals surface area contributed by atoms with E-state index in [1.807, 2.05) is 0 Å². The van der Waals surface area contributed by atoms with Gasteiger partial charge in [-0.05, 0) is 19.8 Å². The van der Waals surface area contributed by atoms with Crippen LogP contribution in [0.15, 0.2) is 10.5 Å². The number of carbonyl (C=O) groups is 4. The van der Waals surface area contributed by atoms with Crippen LogP contribution < -0.4 is 33.2 Å². The van der Waals surface area contributed by atoms with Crippen LogP contribution in [-0.2, 0) is 33.4 Å². The summed E-state index contributed by atoms with van der Waals surface area (Å²) < 4.78 is 16.5. The summed E-state index contributed by atoms with van der Waals surface area (Å²) in [5, 5.41) is 18.2. The number of hydrogen-bond acceptors (Lipinski definition) is 13. The van der Waals surface area contributed by atoms with Gasteiger partial charge in [0.15, 0.2) is 0 Å². The molecular weight excluding hydrogens is 570 g/mol. The Kier molecular flexibility index (Phi) is 21.0. The molecule has 1 heterocycles.